The second-order valence-corrected chi connectivity index (χ2v) is 9.50. The van der Waals surface area contributed by atoms with Crippen LogP contribution in [-0.4, -0.2) is 17.0 Å². The highest BCUT2D eigenvalue weighted by Gasteiger charge is 2.43. The molecular weight excluding hydrogens is 316 g/mol. The molecule has 0 N–H and O–H groups in total. The highest BCUT2D eigenvalue weighted by molar-refractivity contribution is 4.83. The molecule has 1 unspecified atom stereocenters. The molecule has 1 rings (SSSR count). The van der Waals surface area contributed by atoms with Crippen molar-refractivity contribution in [2.75, 3.05) is 0 Å². The maximum absolute atomic E-state index is 5.82. The van der Waals surface area contributed by atoms with Crippen molar-refractivity contribution in [1.82, 2.24) is 0 Å². The third-order valence-corrected chi connectivity index (χ3v) is 4.58. The van der Waals surface area contributed by atoms with Gasteiger partial charge in [0.15, 0.2) is 0 Å². The summed E-state index contributed by atoms with van der Waals surface area (Å²) in [7, 11) is 0. The molecule has 25 heavy (non-hydrogen) atoms. The van der Waals surface area contributed by atoms with E-state index in [0.29, 0.717) is 5.92 Å². The van der Waals surface area contributed by atoms with Crippen molar-refractivity contribution >= 4 is 0 Å². The second kappa shape index (κ2) is 9.68. The van der Waals surface area contributed by atoms with Crippen molar-refractivity contribution in [1.29, 1.82) is 0 Å². The summed E-state index contributed by atoms with van der Waals surface area (Å²) in [5, 5.41) is 0. The summed E-state index contributed by atoms with van der Waals surface area (Å²) in [5.41, 5.74) is -0.763. The molecule has 0 aromatic heterocycles. The normalized spacial score (nSPS) is 19.6. The van der Waals surface area contributed by atoms with E-state index < -0.39 is 5.79 Å². The van der Waals surface area contributed by atoms with Gasteiger partial charge in [0.25, 0.3) is 0 Å². The second-order valence-electron chi connectivity index (χ2n) is 9.50. The standard InChI is InChI=1S/C21H41O4/c1-9-11-17(12-10-2)18-13-15-21(16-14-18,24-22-19(3,4)5)25-23-20(6,7)8/h17-18H,1,9-16H2,2-8H3. The molecule has 1 aliphatic carbocycles. The lowest BCUT2D eigenvalue weighted by atomic mass is 9.74. The van der Waals surface area contributed by atoms with Crippen molar-refractivity contribution in [3.8, 4) is 0 Å². The van der Waals surface area contributed by atoms with Crippen molar-refractivity contribution in [2.24, 2.45) is 11.8 Å². The molecular formula is C21H41O4. The van der Waals surface area contributed by atoms with Crippen molar-refractivity contribution in [3.63, 3.8) is 0 Å². The lowest BCUT2D eigenvalue weighted by Crippen LogP contribution is -2.44. The van der Waals surface area contributed by atoms with Gasteiger partial charge in [-0.2, -0.15) is 9.78 Å². The van der Waals surface area contributed by atoms with Crippen LogP contribution in [0.1, 0.15) is 99.8 Å². The van der Waals surface area contributed by atoms with Gasteiger partial charge in [-0.25, -0.2) is 9.78 Å². The Morgan fingerprint density at radius 1 is 0.920 bits per heavy atom. The average molecular weight is 358 g/mol. The van der Waals surface area contributed by atoms with E-state index in [9.17, 15) is 0 Å². The van der Waals surface area contributed by atoms with Gasteiger partial charge in [0.2, 0.25) is 5.79 Å². The Morgan fingerprint density at radius 2 is 1.40 bits per heavy atom. The molecule has 0 aromatic rings. The molecule has 0 aromatic carbocycles. The quantitative estimate of drug-likeness (QED) is 0.272. The van der Waals surface area contributed by atoms with Crippen molar-refractivity contribution < 1.29 is 19.6 Å². The lowest BCUT2D eigenvalue weighted by molar-refractivity contribution is -0.546. The smallest absolute Gasteiger partial charge is 0.228 e. The Kier molecular flexibility index (Phi) is 8.86. The van der Waals surface area contributed by atoms with Crippen molar-refractivity contribution in [2.45, 2.75) is 117 Å². The Hall–Kier alpha value is -0.160. The fourth-order valence-corrected chi connectivity index (χ4v) is 3.38. The van der Waals surface area contributed by atoms with E-state index in [1.165, 1.54) is 19.3 Å². The predicted octanol–water partition coefficient (Wildman–Crippen LogP) is 6.40. The lowest BCUT2D eigenvalue weighted by Gasteiger charge is -2.41. The summed E-state index contributed by atoms with van der Waals surface area (Å²) in [4.78, 5) is 22.9. The fraction of sp³-hybridized carbons (Fsp3) is 0.952. The van der Waals surface area contributed by atoms with E-state index in [0.717, 1.165) is 38.0 Å². The van der Waals surface area contributed by atoms with E-state index in [4.69, 9.17) is 19.6 Å². The molecule has 0 amide bonds. The van der Waals surface area contributed by atoms with Crippen LogP contribution in [0.15, 0.2) is 0 Å². The van der Waals surface area contributed by atoms with Gasteiger partial charge in [0.1, 0.15) is 0 Å². The van der Waals surface area contributed by atoms with E-state index in [2.05, 4.69) is 13.8 Å². The van der Waals surface area contributed by atoms with Crippen LogP contribution in [0.25, 0.3) is 0 Å². The van der Waals surface area contributed by atoms with Crippen LogP contribution in [0, 0.1) is 18.8 Å². The molecule has 0 spiro atoms. The molecule has 149 valence electrons. The summed E-state index contributed by atoms with van der Waals surface area (Å²) in [6, 6.07) is 0. The first-order valence-corrected chi connectivity index (χ1v) is 10.0. The third-order valence-electron chi connectivity index (χ3n) is 4.58. The maximum atomic E-state index is 5.82. The van der Waals surface area contributed by atoms with Crippen LogP contribution in [0.2, 0.25) is 0 Å². The summed E-state index contributed by atoms with van der Waals surface area (Å²) < 4.78 is 0. The molecule has 0 aliphatic heterocycles. The average Bonchev–Trinajstić information content (AvgIpc) is 2.50. The van der Waals surface area contributed by atoms with E-state index >= 15 is 0 Å². The SMILES string of the molecule is [CH2]CCC(CCC)C1CCC(OOC(C)(C)C)(OOC(C)(C)C)CC1. The zero-order chi connectivity index (χ0) is 19.1. The zero-order valence-electron chi connectivity index (χ0n) is 17.7. The van der Waals surface area contributed by atoms with Gasteiger partial charge < -0.3 is 0 Å². The van der Waals surface area contributed by atoms with Gasteiger partial charge >= 0.3 is 0 Å². The van der Waals surface area contributed by atoms with E-state index in [1.807, 2.05) is 41.5 Å². The van der Waals surface area contributed by atoms with Gasteiger partial charge in [0.05, 0.1) is 11.2 Å². The van der Waals surface area contributed by atoms with Crippen molar-refractivity contribution in [3.05, 3.63) is 6.92 Å². The predicted molar refractivity (Wildman–Crippen MR) is 102 cm³/mol. The van der Waals surface area contributed by atoms with Crippen LogP contribution in [0.4, 0.5) is 0 Å². The highest BCUT2D eigenvalue weighted by atomic mass is 17.3. The van der Waals surface area contributed by atoms with Crippen LogP contribution < -0.4 is 0 Å². The number of rotatable bonds is 9. The molecule has 1 saturated carbocycles. The summed E-state index contributed by atoms with van der Waals surface area (Å²) >= 11 is 0. The molecule has 1 atom stereocenters. The minimum atomic E-state index is -0.807. The topological polar surface area (TPSA) is 36.9 Å². The number of hydrogen-bond donors (Lipinski definition) is 0. The van der Waals surface area contributed by atoms with Crippen LogP contribution >= 0.6 is 0 Å². The maximum Gasteiger partial charge on any atom is 0.234 e. The molecule has 4 heteroatoms. The van der Waals surface area contributed by atoms with Gasteiger partial charge in [-0.1, -0.05) is 39.5 Å². The Labute approximate surface area is 155 Å². The highest BCUT2D eigenvalue weighted by Crippen LogP contribution is 2.42. The number of hydrogen-bond acceptors (Lipinski definition) is 4. The first kappa shape index (κ1) is 22.9. The summed E-state index contributed by atoms with van der Waals surface area (Å²) in [5.74, 6) is 0.664. The molecule has 4 nitrogen and oxygen atoms in total. The molecule has 1 aliphatic rings. The fourth-order valence-electron chi connectivity index (χ4n) is 3.38. The largest absolute Gasteiger partial charge is 0.234 e. The molecule has 0 bridgehead atoms. The van der Waals surface area contributed by atoms with E-state index in [-0.39, 0.29) is 11.2 Å². The van der Waals surface area contributed by atoms with Gasteiger partial charge in [-0.05, 0) is 66.2 Å². The monoisotopic (exact) mass is 357 g/mol. The molecule has 1 fully saturated rings. The Balaban J connectivity index is 2.72. The first-order chi connectivity index (χ1) is 11.5. The molecule has 0 heterocycles. The minimum Gasteiger partial charge on any atom is -0.228 e. The van der Waals surface area contributed by atoms with Crippen LogP contribution in [0.3, 0.4) is 0 Å². The van der Waals surface area contributed by atoms with E-state index in [1.54, 1.807) is 0 Å². The molecule has 0 saturated heterocycles. The zero-order valence-corrected chi connectivity index (χ0v) is 17.7. The Morgan fingerprint density at radius 3 is 1.76 bits per heavy atom. The third kappa shape index (κ3) is 8.85. The van der Waals surface area contributed by atoms with Gasteiger partial charge in [0, 0.05) is 12.8 Å². The van der Waals surface area contributed by atoms with Crippen LogP contribution in [-0.2, 0) is 19.6 Å². The Bertz CT molecular complexity index is 333. The van der Waals surface area contributed by atoms with Gasteiger partial charge in [-0.15, -0.1) is 0 Å². The molecule has 1 radical (unpaired) electrons. The summed E-state index contributed by atoms with van der Waals surface area (Å²) in [6.07, 6.45) is 8.48. The first-order valence-electron chi connectivity index (χ1n) is 10.0. The van der Waals surface area contributed by atoms with Crippen LogP contribution in [0.5, 0.6) is 0 Å². The summed E-state index contributed by atoms with van der Waals surface area (Å²) in [6.45, 7) is 18.2. The van der Waals surface area contributed by atoms with Gasteiger partial charge in [-0.3, -0.25) is 0 Å². The minimum absolute atomic E-state index is 0.381.